The monoisotopic (exact) mass is 447 g/mol. The molecule has 11 nitrogen and oxygen atoms in total. The van der Waals surface area contributed by atoms with Crippen LogP contribution < -0.4 is 21.3 Å². The first-order valence-corrected chi connectivity index (χ1v) is 10.1. The number of nitrogens with one attached hydrogen (secondary N) is 2. The number of hydrogen-bond donors (Lipinski definition) is 5. The van der Waals surface area contributed by atoms with E-state index in [0.29, 0.717) is 18.7 Å². The molecule has 2 amide bonds. The molecule has 2 atom stereocenters. The second kappa shape index (κ2) is 9.00. The van der Waals surface area contributed by atoms with Gasteiger partial charge >= 0.3 is 11.9 Å². The summed E-state index contributed by atoms with van der Waals surface area (Å²) in [6.45, 7) is 0.505. The Balaban J connectivity index is 1.65. The van der Waals surface area contributed by atoms with Crippen LogP contribution >= 0.6 is 11.3 Å². The molecule has 12 heteroatoms. The fraction of sp³-hybridized carbons (Fsp3) is 0.316. The van der Waals surface area contributed by atoms with Crippen LogP contribution in [0.15, 0.2) is 40.5 Å². The van der Waals surface area contributed by atoms with Crippen molar-refractivity contribution in [3.63, 3.8) is 0 Å². The number of carboxylic acid groups (broad SMARTS) is 2. The summed E-state index contributed by atoms with van der Waals surface area (Å²) in [4.78, 5) is 52.7. The lowest BCUT2D eigenvalue weighted by Crippen LogP contribution is -2.45. The van der Waals surface area contributed by atoms with Crippen molar-refractivity contribution in [2.45, 2.75) is 18.9 Å². The minimum absolute atomic E-state index is 0.0827. The Labute approximate surface area is 180 Å². The number of allylic oxidation sites excluding steroid dienone is 2. The number of aliphatic carboxylic acids is 2. The first-order valence-electron chi connectivity index (χ1n) is 9.25. The van der Waals surface area contributed by atoms with Gasteiger partial charge in [0.1, 0.15) is 6.04 Å². The maximum absolute atomic E-state index is 12.3. The third-order valence-electron chi connectivity index (χ3n) is 4.74. The molecule has 2 aliphatic rings. The quantitative estimate of drug-likeness (QED) is 0.373. The summed E-state index contributed by atoms with van der Waals surface area (Å²) in [6.07, 6.45) is 3.44. The number of carbonyl (C=O) groups is 4. The highest BCUT2D eigenvalue weighted by Crippen LogP contribution is 2.31. The molecule has 2 heterocycles. The number of fused-ring (bicyclic) bond motifs is 1. The molecule has 0 radical (unpaired) electrons. The maximum atomic E-state index is 12.3. The van der Waals surface area contributed by atoms with E-state index in [-0.39, 0.29) is 16.7 Å². The van der Waals surface area contributed by atoms with Crippen molar-refractivity contribution in [2.24, 2.45) is 16.6 Å². The van der Waals surface area contributed by atoms with Gasteiger partial charge in [0, 0.05) is 13.6 Å². The number of amides is 2. The lowest BCUT2D eigenvalue weighted by Gasteiger charge is -2.27. The van der Waals surface area contributed by atoms with Crippen LogP contribution in [0.4, 0.5) is 5.00 Å². The van der Waals surface area contributed by atoms with E-state index >= 15 is 0 Å². The molecule has 3 rings (SSSR count). The van der Waals surface area contributed by atoms with E-state index in [4.69, 9.17) is 15.9 Å². The van der Waals surface area contributed by atoms with E-state index in [1.807, 2.05) is 18.0 Å². The first kappa shape index (κ1) is 22.0. The van der Waals surface area contributed by atoms with Crippen molar-refractivity contribution in [1.82, 2.24) is 10.6 Å². The van der Waals surface area contributed by atoms with Crippen LogP contribution in [0.3, 0.4) is 0 Å². The van der Waals surface area contributed by atoms with Gasteiger partial charge in [-0.3, -0.25) is 19.7 Å². The number of nitrogens with two attached hydrogens (primary N) is 1. The number of anilines is 1. The van der Waals surface area contributed by atoms with Gasteiger partial charge in [-0.1, -0.05) is 6.08 Å². The number of rotatable bonds is 8. The Morgan fingerprint density at radius 3 is 2.77 bits per heavy atom. The number of carboxylic acids is 2. The van der Waals surface area contributed by atoms with Crippen molar-refractivity contribution < 1.29 is 29.4 Å². The molecule has 0 bridgehead atoms. The van der Waals surface area contributed by atoms with E-state index in [1.54, 1.807) is 18.2 Å². The van der Waals surface area contributed by atoms with Crippen molar-refractivity contribution in [3.05, 3.63) is 40.4 Å². The minimum atomic E-state index is -1.51. The highest BCUT2D eigenvalue weighted by Gasteiger charge is 2.31. The smallest absolute Gasteiger partial charge is 0.326 e. The summed E-state index contributed by atoms with van der Waals surface area (Å²) in [5.41, 5.74) is 7.19. The molecular weight excluding hydrogens is 426 g/mol. The van der Waals surface area contributed by atoms with Crippen LogP contribution in [0.25, 0.3) is 0 Å². The van der Waals surface area contributed by atoms with Crippen molar-refractivity contribution in [3.8, 4) is 0 Å². The molecule has 2 unspecified atom stereocenters. The molecule has 0 fully saturated rings. The average Bonchev–Trinajstić information content (AvgIpc) is 3.18. The standard InChI is InChI=1S/C19H21N5O6S/c1-24(8-9-2-3-11-10(6-9)16(27)23-19(20)22-11)14-5-4-13(31-14)17(28)21-12(18(29)30)7-15(25)26/h2-5,10,12H,6-8H2,1H3,(H,21,28)(H,25,26)(H,29,30)(H3,20,22,23,27). The zero-order valence-corrected chi connectivity index (χ0v) is 17.3. The van der Waals surface area contributed by atoms with Crippen molar-refractivity contribution >= 4 is 46.1 Å². The largest absolute Gasteiger partial charge is 0.481 e. The van der Waals surface area contributed by atoms with Crippen molar-refractivity contribution in [1.29, 1.82) is 0 Å². The van der Waals surface area contributed by atoms with Gasteiger partial charge in [-0.05, 0) is 30.2 Å². The van der Waals surface area contributed by atoms with Crippen molar-refractivity contribution in [2.75, 3.05) is 18.5 Å². The molecule has 164 valence electrons. The summed E-state index contributed by atoms with van der Waals surface area (Å²) >= 11 is 1.15. The SMILES string of the molecule is CN(CC1=CC=C2N=C(N)NC(=O)C2C1)c1ccc(C(=O)NC(CC(=O)O)C(=O)O)s1. The molecule has 0 saturated carbocycles. The summed E-state index contributed by atoms with van der Waals surface area (Å²) in [5.74, 6) is -3.91. The number of aliphatic imine (C=N–C) groups is 1. The van der Waals surface area contributed by atoms with Crippen LogP contribution in [-0.4, -0.2) is 59.6 Å². The molecule has 6 N–H and O–H groups in total. The zero-order chi connectivity index (χ0) is 22.7. The molecule has 1 aliphatic heterocycles. The fourth-order valence-corrected chi connectivity index (χ4v) is 4.11. The molecule has 1 aromatic rings. The number of nitrogens with zero attached hydrogens (tertiary/aromatic N) is 2. The molecule has 1 aromatic heterocycles. The minimum Gasteiger partial charge on any atom is -0.481 e. The fourth-order valence-electron chi connectivity index (χ4n) is 3.24. The number of thiophene rings is 1. The predicted molar refractivity (Wildman–Crippen MR) is 113 cm³/mol. The lowest BCUT2D eigenvalue weighted by atomic mass is 9.89. The molecule has 31 heavy (non-hydrogen) atoms. The third kappa shape index (κ3) is 5.28. The van der Waals surface area contributed by atoms with E-state index in [0.717, 1.165) is 21.9 Å². The predicted octanol–water partition coefficient (Wildman–Crippen LogP) is 0.117. The molecular formula is C19H21N5O6S. The van der Waals surface area contributed by atoms with Gasteiger partial charge in [-0.2, -0.15) is 0 Å². The average molecular weight is 447 g/mol. The van der Waals surface area contributed by atoms with E-state index in [2.05, 4.69) is 15.6 Å². The molecule has 0 saturated heterocycles. The third-order valence-corrected chi connectivity index (χ3v) is 5.94. The molecule has 0 spiro atoms. The van der Waals surface area contributed by atoms with Gasteiger partial charge in [0.25, 0.3) is 5.91 Å². The van der Waals surface area contributed by atoms with Crippen LogP contribution in [0.5, 0.6) is 0 Å². The zero-order valence-electron chi connectivity index (χ0n) is 16.5. The first-order chi connectivity index (χ1) is 14.6. The number of carbonyl (C=O) groups excluding carboxylic acids is 2. The van der Waals surface area contributed by atoms with E-state index in [1.165, 1.54) is 0 Å². The van der Waals surface area contributed by atoms with Crippen LogP contribution in [0.2, 0.25) is 0 Å². The highest BCUT2D eigenvalue weighted by atomic mass is 32.1. The van der Waals surface area contributed by atoms with Crippen LogP contribution in [-0.2, 0) is 14.4 Å². The van der Waals surface area contributed by atoms with Gasteiger partial charge in [0.05, 0.1) is 27.9 Å². The van der Waals surface area contributed by atoms with Gasteiger partial charge < -0.3 is 26.2 Å². The summed E-state index contributed by atoms with van der Waals surface area (Å²) in [5, 5.41) is 23.4. The van der Waals surface area contributed by atoms with Gasteiger partial charge in [-0.15, -0.1) is 11.3 Å². The summed E-state index contributed by atoms with van der Waals surface area (Å²) in [7, 11) is 1.83. The molecule has 0 aromatic carbocycles. The van der Waals surface area contributed by atoms with Gasteiger partial charge in [0.15, 0.2) is 5.96 Å². The summed E-state index contributed by atoms with van der Waals surface area (Å²) < 4.78 is 0. The second-order valence-electron chi connectivity index (χ2n) is 7.12. The number of hydrogen-bond acceptors (Lipinski definition) is 8. The topological polar surface area (TPSA) is 174 Å². The Kier molecular flexibility index (Phi) is 6.39. The number of likely N-dealkylation sites (N-methyl/N-ethyl adjacent to an activating group) is 1. The normalized spacial score (nSPS) is 18.5. The maximum Gasteiger partial charge on any atom is 0.326 e. The van der Waals surface area contributed by atoms with Gasteiger partial charge in [-0.25, -0.2) is 9.79 Å². The van der Waals surface area contributed by atoms with Gasteiger partial charge in [0.2, 0.25) is 5.91 Å². The number of guanidine groups is 1. The Hall–Kier alpha value is -3.67. The van der Waals surface area contributed by atoms with Crippen LogP contribution in [0.1, 0.15) is 22.5 Å². The second-order valence-corrected chi connectivity index (χ2v) is 8.18. The Bertz CT molecular complexity index is 1030. The van der Waals surface area contributed by atoms with E-state index in [9.17, 15) is 19.2 Å². The lowest BCUT2D eigenvalue weighted by molar-refractivity contribution is -0.145. The van der Waals surface area contributed by atoms with Crippen LogP contribution in [0, 0.1) is 5.92 Å². The highest BCUT2D eigenvalue weighted by molar-refractivity contribution is 7.18. The summed E-state index contributed by atoms with van der Waals surface area (Å²) in [6, 6.07) is 1.75. The Morgan fingerprint density at radius 2 is 2.10 bits per heavy atom. The Morgan fingerprint density at radius 1 is 1.35 bits per heavy atom. The molecule has 1 aliphatic carbocycles. The van der Waals surface area contributed by atoms with E-state index < -0.39 is 36.2 Å².